The lowest BCUT2D eigenvalue weighted by molar-refractivity contribution is 0.0527. The molecule has 130 valence electrons. The quantitative estimate of drug-likeness (QED) is 0.284. The highest BCUT2D eigenvalue weighted by atomic mass is 127. The Labute approximate surface area is 182 Å². The smallest absolute Gasteiger partial charge is 0.340 e. The number of methoxy groups -OCH3 is 1. The van der Waals surface area contributed by atoms with Crippen LogP contribution >= 0.6 is 79.7 Å². The zero-order valence-electron chi connectivity index (χ0n) is 13.4. The largest absolute Gasteiger partial charge is 0.494 e. The van der Waals surface area contributed by atoms with Gasteiger partial charge in [0.2, 0.25) is 0 Å². The number of rotatable bonds is 4. The van der Waals surface area contributed by atoms with Crippen molar-refractivity contribution in [2.45, 2.75) is 20.8 Å². The summed E-state index contributed by atoms with van der Waals surface area (Å²) in [6, 6.07) is 0. The molecule has 3 nitrogen and oxygen atoms in total. The Morgan fingerprint density at radius 1 is 1.08 bits per heavy atom. The minimum Gasteiger partial charge on any atom is -0.494 e. The van der Waals surface area contributed by atoms with Crippen LogP contribution in [0, 0.1) is 19.6 Å². The van der Waals surface area contributed by atoms with E-state index >= 15 is 0 Å². The summed E-state index contributed by atoms with van der Waals surface area (Å²) in [5.41, 5.74) is 3.90. The Morgan fingerprint density at radius 3 is 2.08 bits per heavy atom. The van der Waals surface area contributed by atoms with Crippen molar-refractivity contribution >= 4 is 85.7 Å². The van der Waals surface area contributed by atoms with Crippen molar-refractivity contribution in [3.63, 3.8) is 0 Å². The van der Waals surface area contributed by atoms with E-state index in [0.29, 0.717) is 28.0 Å². The monoisotopic (exact) mass is 610 g/mol. The SMILES string of the molecule is CCOC(=O)c1c(I)sc(I)c1-c1c(C)c(Cl)c(OC)c(Cl)c1C. The summed E-state index contributed by atoms with van der Waals surface area (Å²) in [5.74, 6) is 0.118. The number of carbonyl (C=O) groups excluding carboxylic acids is 1. The van der Waals surface area contributed by atoms with E-state index in [1.165, 1.54) is 18.4 Å². The topological polar surface area (TPSA) is 35.5 Å². The van der Waals surface area contributed by atoms with Crippen LogP contribution in [-0.2, 0) is 4.74 Å². The highest BCUT2D eigenvalue weighted by Crippen LogP contribution is 2.48. The van der Waals surface area contributed by atoms with E-state index in [2.05, 4.69) is 45.2 Å². The predicted molar refractivity (Wildman–Crippen MR) is 117 cm³/mol. The molecule has 0 aliphatic carbocycles. The minimum absolute atomic E-state index is 0.322. The van der Waals surface area contributed by atoms with Crippen LogP contribution in [-0.4, -0.2) is 19.7 Å². The van der Waals surface area contributed by atoms with Gasteiger partial charge in [0.05, 0.1) is 35.1 Å². The molecule has 8 heteroatoms. The summed E-state index contributed by atoms with van der Waals surface area (Å²) in [6.45, 7) is 5.92. The molecule has 0 N–H and O–H groups in total. The van der Waals surface area contributed by atoms with Crippen molar-refractivity contribution in [3.05, 3.63) is 32.5 Å². The third-order valence-electron chi connectivity index (χ3n) is 3.56. The molecule has 0 aliphatic heterocycles. The first-order valence-corrected chi connectivity index (χ1v) is 10.7. The van der Waals surface area contributed by atoms with Crippen molar-refractivity contribution in [1.82, 2.24) is 0 Å². The van der Waals surface area contributed by atoms with Crippen molar-refractivity contribution in [2.24, 2.45) is 0 Å². The summed E-state index contributed by atoms with van der Waals surface area (Å²) in [6.07, 6.45) is 0. The first kappa shape index (κ1) is 20.5. The van der Waals surface area contributed by atoms with Gasteiger partial charge < -0.3 is 9.47 Å². The van der Waals surface area contributed by atoms with Crippen LogP contribution in [0.15, 0.2) is 0 Å². The van der Waals surface area contributed by atoms with Crippen molar-refractivity contribution in [1.29, 1.82) is 0 Å². The van der Waals surface area contributed by atoms with Gasteiger partial charge in [-0.3, -0.25) is 0 Å². The number of hydrogen-bond acceptors (Lipinski definition) is 4. The molecule has 2 rings (SSSR count). The van der Waals surface area contributed by atoms with Crippen LogP contribution in [0.5, 0.6) is 5.75 Å². The highest BCUT2D eigenvalue weighted by Gasteiger charge is 2.28. The number of esters is 1. The number of ether oxygens (including phenoxy) is 2. The van der Waals surface area contributed by atoms with E-state index in [4.69, 9.17) is 32.7 Å². The summed E-state index contributed by atoms with van der Waals surface area (Å²) >= 11 is 18.8. The number of benzene rings is 1. The van der Waals surface area contributed by atoms with Gasteiger partial charge in [-0.05, 0) is 82.6 Å². The molecule has 0 amide bonds. The zero-order chi connectivity index (χ0) is 18.2. The van der Waals surface area contributed by atoms with E-state index in [0.717, 1.165) is 28.0 Å². The van der Waals surface area contributed by atoms with E-state index in [9.17, 15) is 4.79 Å². The van der Waals surface area contributed by atoms with Crippen molar-refractivity contribution in [2.75, 3.05) is 13.7 Å². The molecule has 0 bridgehead atoms. The minimum atomic E-state index is -0.335. The fraction of sp³-hybridized carbons (Fsp3) is 0.312. The van der Waals surface area contributed by atoms with Gasteiger partial charge in [-0.1, -0.05) is 23.2 Å². The third-order valence-corrected chi connectivity index (χ3v) is 7.64. The van der Waals surface area contributed by atoms with Gasteiger partial charge in [0.25, 0.3) is 0 Å². The number of thiophene rings is 1. The average Bonchev–Trinajstić information content (AvgIpc) is 2.81. The van der Waals surface area contributed by atoms with E-state index in [1.807, 2.05) is 13.8 Å². The molecule has 0 saturated carbocycles. The molecule has 0 spiro atoms. The Bertz CT molecular complexity index is 789. The normalized spacial score (nSPS) is 10.8. The molecular formula is C16H14Cl2I2O3S. The maximum absolute atomic E-state index is 12.5. The molecule has 1 heterocycles. The van der Waals surface area contributed by atoms with Crippen LogP contribution in [0.4, 0.5) is 0 Å². The fourth-order valence-electron chi connectivity index (χ4n) is 2.48. The number of halogens is 4. The Hall–Kier alpha value is 0.230. The second-order valence-corrected chi connectivity index (χ2v) is 10.3. The predicted octanol–water partition coefficient (Wildman–Crippen LogP) is 6.73. The summed E-state index contributed by atoms with van der Waals surface area (Å²) < 4.78 is 12.4. The van der Waals surface area contributed by atoms with Gasteiger partial charge >= 0.3 is 5.97 Å². The summed E-state index contributed by atoms with van der Waals surface area (Å²) in [5, 5.41) is 0.907. The standard InChI is InChI=1S/C16H14Cl2I2O3S/c1-5-23-16(21)10-9(14(19)24-15(10)20)8-6(2)11(17)13(22-4)12(18)7(8)3/h5H2,1-4H3. The van der Waals surface area contributed by atoms with E-state index < -0.39 is 0 Å². The molecule has 0 saturated heterocycles. The fourth-order valence-corrected chi connectivity index (χ4v) is 7.42. The molecule has 24 heavy (non-hydrogen) atoms. The maximum atomic E-state index is 12.5. The van der Waals surface area contributed by atoms with Crippen LogP contribution < -0.4 is 4.74 Å². The first-order chi connectivity index (χ1) is 11.3. The van der Waals surface area contributed by atoms with Crippen LogP contribution in [0.1, 0.15) is 28.4 Å². The maximum Gasteiger partial charge on any atom is 0.340 e. The van der Waals surface area contributed by atoms with Gasteiger partial charge in [0.1, 0.15) is 0 Å². The lowest BCUT2D eigenvalue weighted by atomic mass is 9.94. The molecule has 0 fully saturated rings. The van der Waals surface area contributed by atoms with Crippen molar-refractivity contribution < 1.29 is 14.3 Å². The molecular weight excluding hydrogens is 597 g/mol. The molecule has 2 aromatic rings. The number of carbonyl (C=O) groups is 1. The first-order valence-electron chi connectivity index (χ1n) is 6.93. The van der Waals surface area contributed by atoms with Gasteiger partial charge in [-0.25, -0.2) is 4.79 Å². The van der Waals surface area contributed by atoms with Crippen LogP contribution in [0.3, 0.4) is 0 Å². The van der Waals surface area contributed by atoms with Crippen LogP contribution in [0.2, 0.25) is 10.0 Å². The second kappa shape index (κ2) is 8.28. The zero-order valence-corrected chi connectivity index (χ0v) is 20.0. The van der Waals surface area contributed by atoms with Gasteiger partial charge in [0, 0.05) is 5.56 Å². The second-order valence-electron chi connectivity index (χ2n) is 4.91. The van der Waals surface area contributed by atoms with Crippen molar-refractivity contribution in [3.8, 4) is 16.9 Å². The Morgan fingerprint density at radius 2 is 1.62 bits per heavy atom. The molecule has 1 aromatic carbocycles. The van der Waals surface area contributed by atoms with Gasteiger partial charge in [0.15, 0.2) is 5.75 Å². The molecule has 0 atom stereocenters. The Kier molecular flexibility index (Phi) is 7.09. The van der Waals surface area contributed by atoms with Gasteiger partial charge in [-0.2, -0.15) is 0 Å². The third kappa shape index (κ3) is 3.54. The number of hydrogen-bond donors (Lipinski definition) is 0. The van der Waals surface area contributed by atoms with E-state index in [1.54, 1.807) is 6.92 Å². The van der Waals surface area contributed by atoms with E-state index in [-0.39, 0.29) is 5.97 Å². The van der Waals surface area contributed by atoms with Crippen LogP contribution in [0.25, 0.3) is 11.1 Å². The summed E-state index contributed by atoms with van der Waals surface area (Å²) in [7, 11) is 1.53. The lowest BCUT2D eigenvalue weighted by Gasteiger charge is -2.18. The molecule has 0 unspecified atom stereocenters. The summed E-state index contributed by atoms with van der Waals surface area (Å²) in [4.78, 5) is 12.5. The molecule has 0 radical (unpaired) electrons. The molecule has 0 aliphatic rings. The molecule has 1 aromatic heterocycles. The lowest BCUT2D eigenvalue weighted by Crippen LogP contribution is -2.08. The van der Waals surface area contributed by atoms with Gasteiger partial charge in [-0.15, -0.1) is 11.3 Å². The Balaban J connectivity index is 2.86. The average molecular weight is 611 g/mol. The highest BCUT2D eigenvalue weighted by molar-refractivity contribution is 14.1.